The van der Waals surface area contributed by atoms with Crippen LogP contribution < -0.4 is 10.1 Å². The van der Waals surface area contributed by atoms with Gasteiger partial charge in [0.25, 0.3) is 0 Å². The Kier molecular flexibility index (Phi) is 10.3. The number of hydrogen-bond donors (Lipinski definition) is 2. The molecular formula is C42H44F3N5O2. The number of hydrogen-bond acceptors (Lipinski definition) is 7. The predicted molar refractivity (Wildman–Crippen MR) is 202 cm³/mol. The second-order valence-electron chi connectivity index (χ2n) is 13.9. The van der Waals surface area contributed by atoms with E-state index in [0.29, 0.717) is 30.2 Å². The van der Waals surface area contributed by atoms with E-state index in [1.165, 1.54) is 19.2 Å². The van der Waals surface area contributed by atoms with Gasteiger partial charge < -0.3 is 15.2 Å². The van der Waals surface area contributed by atoms with Gasteiger partial charge in [-0.2, -0.15) is 13.2 Å². The Morgan fingerprint density at radius 3 is 2.37 bits per heavy atom. The normalized spacial score (nSPS) is 17.1. The van der Waals surface area contributed by atoms with Crippen LogP contribution in [0.25, 0.3) is 34.2 Å². The molecule has 0 aliphatic carbocycles. The van der Waals surface area contributed by atoms with E-state index in [0.717, 1.165) is 95.4 Å². The van der Waals surface area contributed by atoms with Crippen molar-refractivity contribution in [2.75, 3.05) is 38.6 Å². The molecule has 0 saturated carbocycles. The zero-order valence-corrected chi connectivity index (χ0v) is 29.8. The fraction of sp³-hybridized carbons (Fsp3) is 0.333. The van der Waals surface area contributed by atoms with E-state index in [1.54, 1.807) is 18.3 Å². The number of aliphatic hydroxyl groups excluding tert-OH is 1. The third kappa shape index (κ3) is 7.70. The number of aliphatic hydroxyl groups is 1. The molecule has 1 atom stereocenters. The van der Waals surface area contributed by atoms with E-state index < -0.39 is 11.7 Å². The van der Waals surface area contributed by atoms with Gasteiger partial charge in [0, 0.05) is 55.2 Å². The number of methoxy groups -OCH3 is 1. The van der Waals surface area contributed by atoms with Crippen LogP contribution in [0.1, 0.15) is 58.2 Å². The summed E-state index contributed by atoms with van der Waals surface area (Å²) in [5.74, 6) is 1.11. The van der Waals surface area contributed by atoms with Crippen LogP contribution in [0, 0.1) is 13.8 Å². The Hall–Kier alpha value is -4.77. The quantitative estimate of drug-likeness (QED) is 0.140. The number of β-amino-alcohol motifs (C(OH)–C–C–N with tert-alkyl or cyclic N) is 1. The number of halogens is 3. The van der Waals surface area contributed by atoms with Gasteiger partial charge in [0.15, 0.2) is 5.82 Å². The van der Waals surface area contributed by atoms with Crippen LogP contribution in [0.15, 0.2) is 73.1 Å². The number of alkyl halides is 3. The van der Waals surface area contributed by atoms with Crippen molar-refractivity contribution in [1.82, 2.24) is 19.8 Å². The topological polar surface area (TPSA) is 73.8 Å². The highest BCUT2D eigenvalue weighted by molar-refractivity contribution is 5.91. The van der Waals surface area contributed by atoms with Gasteiger partial charge in [-0.15, -0.1) is 0 Å². The Morgan fingerprint density at radius 2 is 1.63 bits per heavy atom. The number of anilines is 2. The second-order valence-corrected chi connectivity index (χ2v) is 13.9. The third-order valence-corrected chi connectivity index (χ3v) is 10.4. The third-order valence-electron chi connectivity index (χ3n) is 10.4. The molecule has 0 bridgehead atoms. The largest absolute Gasteiger partial charge is 0.496 e. The van der Waals surface area contributed by atoms with Crippen molar-refractivity contribution in [3.05, 3.63) is 112 Å². The number of nitrogens with zero attached hydrogens (tertiary/aromatic N) is 4. The summed E-state index contributed by atoms with van der Waals surface area (Å²) < 4.78 is 48.7. The molecule has 7 rings (SSSR count). The molecule has 2 aliphatic heterocycles. The number of rotatable bonds is 10. The lowest BCUT2D eigenvalue weighted by molar-refractivity contribution is -0.137. The van der Waals surface area contributed by atoms with Gasteiger partial charge in [-0.05, 0) is 115 Å². The summed E-state index contributed by atoms with van der Waals surface area (Å²) in [6, 6.07) is 18.8. The molecule has 0 spiro atoms. The minimum Gasteiger partial charge on any atom is -0.496 e. The summed E-state index contributed by atoms with van der Waals surface area (Å²) in [7, 11) is 1.51. The molecule has 4 heterocycles. The van der Waals surface area contributed by atoms with E-state index >= 15 is 0 Å². The van der Waals surface area contributed by atoms with Crippen LogP contribution in [0.4, 0.5) is 24.7 Å². The van der Waals surface area contributed by atoms with Crippen LogP contribution >= 0.6 is 0 Å². The summed E-state index contributed by atoms with van der Waals surface area (Å²) in [6.07, 6.45) is 5.08. The highest BCUT2D eigenvalue weighted by Gasteiger charge is 2.34. The molecule has 0 radical (unpaired) electrons. The first kappa shape index (κ1) is 35.6. The lowest BCUT2D eigenvalue weighted by atomic mass is 9.92. The van der Waals surface area contributed by atoms with Crippen LogP contribution in [0.3, 0.4) is 0 Å². The van der Waals surface area contributed by atoms with Crippen molar-refractivity contribution >= 4 is 34.6 Å². The van der Waals surface area contributed by atoms with Gasteiger partial charge in [0.1, 0.15) is 11.3 Å². The minimum absolute atomic E-state index is 0.0693. The smallest absolute Gasteiger partial charge is 0.417 e. The van der Waals surface area contributed by atoms with Crippen molar-refractivity contribution < 1.29 is 23.0 Å². The molecule has 2 aromatic heterocycles. The van der Waals surface area contributed by atoms with Gasteiger partial charge in [-0.25, -0.2) is 4.98 Å². The van der Waals surface area contributed by atoms with Crippen LogP contribution in [0.2, 0.25) is 0 Å². The average Bonchev–Trinajstić information content (AvgIpc) is 3.80. The molecule has 3 aromatic carbocycles. The summed E-state index contributed by atoms with van der Waals surface area (Å²) in [5.41, 5.74) is 7.46. The summed E-state index contributed by atoms with van der Waals surface area (Å²) in [5, 5.41) is 14.4. The van der Waals surface area contributed by atoms with Crippen LogP contribution in [-0.2, 0) is 19.3 Å². The summed E-state index contributed by atoms with van der Waals surface area (Å²) >= 11 is 0. The number of likely N-dealkylation sites (tertiary alicyclic amines) is 2. The van der Waals surface area contributed by atoms with Crippen LogP contribution in [-0.4, -0.2) is 64.3 Å². The van der Waals surface area contributed by atoms with Gasteiger partial charge in [-0.3, -0.25) is 14.8 Å². The van der Waals surface area contributed by atoms with Gasteiger partial charge in [-0.1, -0.05) is 42.5 Å². The Morgan fingerprint density at radius 1 is 0.885 bits per heavy atom. The lowest BCUT2D eigenvalue weighted by Crippen LogP contribution is -2.21. The molecule has 0 amide bonds. The molecule has 2 N–H and O–H groups in total. The average molecular weight is 708 g/mol. The van der Waals surface area contributed by atoms with Gasteiger partial charge in [0.05, 0.1) is 18.8 Å². The molecule has 2 fully saturated rings. The number of aromatic nitrogens is 2. The number of pyridine rings is 2. The van der Waals surface area contributed by atoms with E-state index in [1.807, 2.05) is 56.4 Å². The molecule has 0 unspecified atom stereocenters. The van der Waals surface area contributed by atoms with E-state index in [4.69, 9.17) is 9.72 Å². The fourth-order valence-corrected chi connectivity index (χ4v) is 7.51. The van der Waals surface area contributed by atoms with Crippen LogP contribution in [0.5, 0.6) is 5.75 Å². The standard InChI is InChI=1S/C42H44F3N5O2/c1-27-30(12-13-31-22-39(52-3)33(21-37(31)42(43,44)45)25-49-17-4-5-18-49)8-6-9-35(27)36-10-7-11-38(28(36)2)48-41-40-32(14-16-46-41)20-29(23-47-40)24-50-19-15-34(51)26-50/h6-14,16,20-23,34,51H,4-5,15,17-19,24-26H2,1-3H3,(H,46,48)/b13-12+/t34-/m1/s1. The molecule has 52 heavy (non-hydrogen) atoms. The molecule has 2 aliphatic rings. The highest BCUT2D eigenvalue weighted by Crippen LogP contribution is 2.39. The Bertz CT molecular complexity index is 2110. The molecule has 2 saturated heterocycles. The lowest BCUT2D eigenvalue weighted by Gasteiger charge is -2.20. The van der Waals surface area contributed by atoms with E-state index in [2.05, 4.69) is 32.2 Å². The van der Waals surface area contributed by atoms with E-state index in [9.17, 15) is 18.3 Å². The number of fused-ring (bicyclic) bond motifs is 1. The van der Waals surface area contributed by atoms with Crippen molar-refractivity contribution in [2.45, 2.75) is 58.5 Å². The molecule has 270 valence electrons. The van der Waals surface area contributed by atoms with Gasteiger partial charge in [0.2, 0.25) is 0 Å². The SMILES string of the molecule is COc1cc(/C=C/c2cccc(-c3cccc(Nc4nccc5cc(CN6CC[C@@H](O)C6)cnc45)c3C)c2C)c(C(F)(F)F)cc1CN1CCCC1. The summed E-state index contributed by atoms with van der Waals surface area (Å²) in [6.45, 7) is 8.53. The molecule has 10 heteroatoms. The molecule has 7 nitrogen and oxygen atoms in total. The molecule has 5 aromatic rings. The fourth-order valence-electron chi connectivity index (χ4n) is 7.51. The van der Waals surface area contributed by atoms with E-state index in [-0.39, 0.29) is 11.7 Å². The zero-order valence-electron chi connectivity index (χ0n) is 29.8. The highest BCUT2D eigenvalue weighted by atomic mass is 19.4. The monoisotopic (exact) mass is 707 g/mol. The van der Waals surface area contributed by atoms with Gasteiger partial charge >= 0.3 is 6.18 Å². The summed E-state index contributed by atoms with van der Waals surface area (Å²) in [4.78, 5) is 13.8. The molecular weight excluding hydrogens is 663 g/mol. The first-order chi connectivity index (χ1) is 25.1. The Labute approximate surface area is 302 Å². The number of ether oxygens (including phenoxy) is 1. The number of nitrogens with one attached hydrogen (secondary N) is 1. The first-order valence-corrected chi connectivity index (χ1v) is 17.9. The predicted octanol–water partition coefficient (Wildman–Crippen LogP) is 9.02. The first-order valence-electron chi connectivity index (χ1n) is 17.9. The number of benzene rings is 3. The van der Waals surface area contributed by atoms with Crippen molar-refractivity contribution in [3.63, 3.8) is 0 Å². The maximum absolute atomic E-state index is 14.4. The second kappa shape index (κ2) is 15.1. The maximum atomic E-state index is 14.4. The van der Waals surface area contributed by atoms with Crippen molar-refractivity contribution in [1.29, 1.82) is 0 Å². The van der Waals surface area contributed by atoms with Crippen molar-refractivity contribution in [2.24, 2.45) is 0 Å². The maximum Gasteiger partial charge on any atom is 0.417 e. The Balaban J connectivity index is 1.15. The minimum atomic E-state index is -4.51. The zero-order chi connectivity index (χ0) is 36.4. The van der Waals surface area contributed by atoms with Crippen molar-refractivity contribution in [3.8, 4) is 16.9 Å².